The van der Waals surface area contributed by atoms with Gasteiger partial charge in [0.25, 0.3) is 0 Å². The fraction of sp³-hybridized carbons (Fsp3) is 0. The Morgan fingerprint density at radius 1 is 0.324 bits per heavy atom. The van der Waals surface area contributed by atoms with Crippen molar-refractivity contribution in [2.24, 2.45) is 0 Å². The van der Waals surface area contributed by atoms with E-state index in [1.165, 1.54) is 31.8 Å². The summed E-state index contributed by atoms with van der Waals surface area (Å²) in [5.74, 6) is 0. The molecule has 0 unspecified atom stereocenters. The van der Waals surface area contributed by atoms with Crippen molar-refractivity contribution in [3.8, 4) is 0 Å². The van der Waals surface area contributed by atoms with Gasteiger partial charge in [-0.3, -0.25) is 0 Å². The molecule has 0 atom stereocenters. The fourth-order valence-electron chi connectivity index (χ4n) is 4.01. The van der Waals surface area contributed by atoms with E-state index in [-0.39, 0.29) is 16.5 Å². The summed E-state index contributed by atoms with van der Waals surface area (Å²) >= 11 is 0. The molecule has 5 rings (SSSR count). The Bertz CT molecular complexity index is 1120. The van der Waals surface area contributed by atoms with Crippen molar-refractivity contribution in [1.82, 2.24) is 0 Å². The van der Waals surface area contributed by atoms with Crippen molar-refractivity contribution >= 4 is 61.2 Å². The molecule has 0 aliphatic heterocycles. The molecule has 0 saturated carbocycles. The summed E-state index contributed by atoms with van der Waals surface area (Å²) in [6.07, 6.45) is 0. The van der Waals surface area contributed by atoms with Crippen molar-refractivity contribution in [3.63, 3.8) is 0 Å². The zero-order valence-corrected chi connectivity index (χ0v) is 23.1. The van der Waals surface area contributed by atoms with E-state index in [0.29, 0.717) is 0 Å². The number of carbonyl (C=O) groups excluding carboxylic acids is 2. The molecule has 0 aromatic heterocycles. The summed E-state index contributed by atoms with van der Waals surface area (Å²) < 4.78 is 0. The molecule has 188 valence electrons. The Balaban J connectivity index is 0.000000919. The van der Waals surface area contributed by atoms with Gasteiger partial charge >= 0.3 is 0 Å². The third kappa shape index (κ3) is 7.64. The molecule has 0 bridgehead atoms. The molecular formula is C32H28NiO2P2. The number of benzene rings is 5. The second-order valence-electron chi connectivity index (χ2n) is 7.50. The normalized spacial score (nSPS) is 9.78. The van der Waals surface area contributed by atoms with Crippen LogP contribution in [0.25, 0.3) is 0 Å². The van der Waals surface area contributed by atoms with Crippen LogP contribution in [0, 0.1) is 0 Å². The van der Waals surface area contributed by atoms with Crippen molar-refractivity contribution in [1.29, 1.82) is 0 Å². The molecule has 0 aliphatic carbocycles. The second kappa shape index (κ2) is 16.5. The van der Waals surface area contributed by atoms with E-state index in [1.807, 2.05) is 13.6 Å². The molecule has 5 heteroatoms. The molecule has 0 aliphatic rings. The molecule has 0 radical (unpaired) electrons. The molecule has 37 heavy (non-hydrogen) atoms. The third-order valence-corrected chi connectivity index (χ3v) is 10.6. The van der Waals surface area contributed by atoms with Crippen LogP contribution in [0.5, 0.6) is 0 Å². The predicted octanol–water partition coefficient (Wildman–Crippen LogP) is 4.83. The minimum atomic E-state index is -0.664. The maximum Gasteiger partial charge on any atom is 0.106 e. The van der Waals surface area contributed by atoms with Gasteiger partial charge in [-0.15, -0.1) is 0 Å². The summed E-state index contributed by atoms with van der Waals surface area (Å²) in [6, 6.07) is 53.0. The van der Waals surface area contributed by atoms with E-state index in [9.17, 15) is 0 Å². The number of carbonyl (C=O) groups is 2. The predicted molar refractivity (Wildman–Crippen MR) is 158 cm³/mol. The van der Waals surface area contributed by atoms with E-state index >= 15 is 0 Å². The van der Waals surface area contributed by atoms with Crippen molar-refractivity contribution in [2.45, 2.75) is 0 Å². The number of hydrogen-bond donors (Lipinski definition) is 0. The van der Waals surface area contributed by atoms with Crippen molar-refractivity contribution in [3.05, 3.63) is 146 Å². The zero-order valence-electron chi connectivity index (χ0n) is 20.3. The van der Waals surface area contributed by atoms with E-state index < -0.39 is 15.8 Å². The van der Waals surface area contributed by atoms with Gasteiger partial charge in [0.1, 0.15) is 13.6 Å². The van der Waals surface area contributed by atoms with Gasteiger partial charge in [0.2, 0.25) is 0 Å². The summed E-state index contributed by atoms with van der Waals surface area (Å²) in [7, 11) is -1.33. The van der Waals surface area contributed by atoms with Gasteiger partial charge in [0, 0.05) is 16.5 Å². The number of rotatable bonds is 6. The summed E-state index contributed by atoms with van der Waals surface area (Å²) in [6.45, 7) is 4.00. The average Bonchev–Trinajstić information content (AvgIpc) is 2.99. The smallest absolute Gasteiger partial charge is 0.106 e. The Hall–Kier alpha value is -3.21. The maximum atomic E-state index is 8.00. The van der Waals surface area contributed by atoms with Gasteiger partial charge in [-0.1, -0.05) is 146 Å². The summed E-state index contributed by atoms with van der Waals surface area (Å²) in [5.41, 5.74) is 0. The van der Waals surface area contributed by atoms with Crippen LogP contribution in [-0.4, -0.2) is 13.6 Å². The topological polar surface area (TPSA) is 34.1 Å². The molecule has 0 N–H and O–H groups in total. The minimum Gasteiger partial charge on any atom is -0.307 e. The first kappa shape index (κ1) is 30.0. The van der Waals surface area contributed by atoms with Crippen LogP contribution in [0.15, 0.2) is 146 Å². The molecule has 5 aromatic rings. The molecule has 0 heterocycles. The first-order chi connectivity index (χ1) is 17.9. The Morgan fingerprint density at radius 2 is 0.514 bits per heavy atom. The molecular weight excluding hydrogens is 537 g/mol. The maximum absolute atomic E-state index is 8.00. The van der Waals surface area contributed by atoms with Gasteiger partial charge in [-0.25, -0.2) is 0 Å². The van der Waals surface area contributed by atoms with Gasteiger partial charge in [0.05, 0.1) is 0 Å². The SMILES string of the molecule is C=O.C=O.[Ni].c1ccc(P(c2ccccc2)c2ccccc2P(c2ccccc2)c2ccccc2)cc1. The summed E-state index contributed by atoms with van der Waals surface area (Å²) in [4.78, 5) is 16.0. The number of hydrogen-bond acceptors (Lipinski definition) is 2. The van der Waals surface area contributed by atoms with Crippen LogP contribution < -0.4 is 31.8 Å². The second-order valence-corrected chi connectivity index (χ2v) is 11.9. The monoisotopic (exact) mass is 564 g/mol. The van der Waals surface area contributed by atoms with Gasteiger partial charge in [-0.05, 0) is 47.7 Å². The third-order valence-electron chi connectivity index (χ3n) is 5.42. The van der Waals surface area contributed by atoms with E-state index in [0.717, 1.165) is 0 Å². The van der Waals surface area contributed by atoms with Crippen LogP contribution in [0.4, 0.5) is 0 Å². The first-order valence-corrected chi connectivity index (χ1v) is 14.1. The van der Waals surface area contributed by atoms with Gasteiger partial charge < -0.3 is 9.59 Å². The fourth-order valence-corrected chi connectivity index (χ4v) is 9.27. The van der Waals surface area contributed by atoms with E-state index in [2.05, 4.69) is 146 Å². The minimum absolute atomic E-state index is 0. The van der Waals surface area contributed by atoms with E-state index in [1.54, 1.807) is 0 Å². The van der Waals surface area contributed by atoms with Crippen LogP contribution in [0.2, 0.25) is 0 Å². The molecule has 0 spiro atoms. The van der Waals surface area contributed by atoms with Crippen LogP contribution in [0.1, 0.15) is 0 Å². The van der Waals surface area contributed by atoms with Gasteiger partial charge in [0.15, 0.2) is 0 Å². The van der Waals surface area contributed by atoms with Crippen LogP contribution in [0.3, 0.4) is 0 Å². The standard InChI is InChI=1S/C30H24P2.2CH2O.Ni/c1-5-15-25(16-6-1)31(26-17-7-2-8-18-26)29-23-13-14-24-30(29)32(27-19-9-3-10-20-27)28-21-11-4-12-22-28;2*1-2;/h1-24H;2*1H2;. The Labute approximate surface area is 232 Å². The zero-order chi connectivity index (χ0) is 25.6. The average molecular weight is 565 g/mol. The molecule has 0 fully saturated rings. The van der Waals surface area contributed by atoms with Crippen molar-refractivity contribution < 1.29 is 26.1 Å². The quantitative estimate of drug-likeness (QED) is 0.219. The molecule has 2 nitrogen and oxygen atoms in total. The summed E-state index contributed by atoms with van der Waals surface area (Å²) in [5, 5.41) is 8.43. The van der Waals surface area contributed by atoms with Gasteiger partial charge in [-0.2, -0.15) is 0 Å². The van der Waals surface area contributed by atoms with Crippen LogP contribution >= 0.6 is 15.8 Å². The van der Waals surface area contributed by atoms with Crippen molar-refractivity contribution in [2.75, 3.05) is 0 Å². The first-order valence-electron chi connectivity index (χ1n) is 11.4. The Morgan fingerprint density at radius 3 is 0.730 bits per heavy atom. The molecule has 0 saturated heterocycles. The molecule has 5 aromatic carbocycles. The van der Waals surface area contributed by atoms with E-state index in [4.69, 9.17) is 9.59 Å². The largest absolute Gasteiger partial charge is 0.307 e. The Kier molecular flexibility index (Phi) is 13.4. The van der Waals surface area contributed by atoms with Crippen LogP contribution in [-0.2, 0) is 26.1 Å². The molecule has 0 amide bonds.